The van der Waals surface area contributed by atoms with Gasteiger partial charge in [-0.2, -0.15) is 0 Å². The summed E-state index contributed by atoms with van der Waals surface area (Å²) in [6.45, 7) is 3.25. The summed E-state index contributed by atoms with van der Waals surface area (Å²) in [5, 5.41) is 3.09. The monoisotopic (exact) mass is 282 g/mol. The number of hydrogen-bond donors (Lipinski definition) is 1. The summed E-state index contributed by atoms with van der Waals surface area (Å²) < 4.78 is 11.4. The average molecular weight is 282 g/mol. The van der Waals surface area contributed by atoms with Crippen molar-refractivity contribution in [1.29, 1.82) is 0 Å². The Bertz CT molecular complexity index is 458. The first-order chi connectivity index (χ1) is 9.19. The van der Waals surface area contributed by atoms with Crippen LogP contribution >= 0.6 is 11.3 Å². The summed E-state index contributed by atoms with van der Waals surface area (Å²) in [6, 6.07) is 0.215. The van der Waals surface area contributed by atoms with Crippen LogP contribution in [0.25, 0.3) is 0 Å². The van der Waals surface area contributed by atoms with Gasteiger partial charge in [0, 0.05) is 18.9 Å². The number of carbonyl (C=O) groups excluding carboxylic acids is 1. The van der Waals surface area contributed by atoms with Crippen LogP contribution in [0.1, 0.15) is 41.0 Å². The Labute approximate surface area is 116 Å². The van der Waals surface area contributed by atoms with Gasteiger partial charge in [0.15, 0.2) is 5.79 Å². The summed E-state index contributed by atoms with van der Waals surface area (Å²) in [7, 11) is 0. The fraction of sp³-hybridized carbons (Fsp3) is 0.692. The first-order valence-electron chi connectivity index (χ1n) is 6.67. The molecule has 1 saturated carbocycles. The second-order valence-corrected chi connectivity index (χ2v) is 5.98. The van der Waals surface area contributed by atoms with Crippen molar-refractivity contribution >= 4 is 17.2 Å². The fourth-order valence-electron chi connectivity index (χ4n) is 2.76. The maximum Gasteiger partial charge on any atom is 0.263 e. The van der Waals surface area contributed by atoms with Crippen LogP contribution in [0.2, 0.25) is 0 Å². The van der Waals surface area contributed by atoms with Crippen LogP contribution < -0.4 is 5.32 Å². The van der Waals surface area contributed by atoms with Crippen LogP contribution in [0.15, 0.2) is 5.51 Å². The number of nitrogens with zero attached hydrogens (tertiary/aromatic N) is 1. The predicted octanol–water partition coefficient (Wildman–Crippen LogP) is 1.87. The number of carbonyl (C=O) groups is 1. The lowest BCUT2D eigenvalue weighted by molar-refractivity contribution is -0.179. The number of hydrogen-bond acceptors (Lipinski definition) is 5. The number of aromatic nitrogens is 1. The number of rotatable bonds is 2. The first-order valence-corrected chi connectivity index (χ1v) is 7.55. The van der Waals surface area contributed by atoms with Crippen molar-refractivity contribution in [3.63, 3.8) is 0 Å². The van der Waals surface area contributed by atoms with E-state index < -0.39 is 0 Å². The molecule has 0 atom stereocenters. The van der Waals surface area contributed by atoms with Crippen molar-refractivity contribution in [3.8, 4) is 0 Å². The topological polar surface area (TPSA) is 60.5 Å². The third-order valence-corrected chi connectivity index (χ3v) is 4.78. The zero-order chi connectivity index (χ0) is 13.3. The zero-order valence-corrected chi connectivity index (χ0v) is 11.8. The van der Waals surface area contributed by atoms with E-state index in [9.17, 15) is 4.79 Å². The van der Waals surface area contributed by atoms with E-state index >= 15 is 0 Å². The average Bonchev–Trinajstić information content (AvgIpc) is 3.02. The lowest BCUT2D eigenvalue weighted by Gasteiger charge is -2.35. The SMILES string of the molecule is Cc1ncsc1C(=O)NC1CCC2(CC1)OCCO2. The molecule has 1 spiro atoms. The lowest BCUT2D eigenvalue weighted by Crippen LogP contribution is -2.44. The van der Waals surface area contributed by atoms with Gasteiger partial charge in [-0.05, 0) is 19.8 Å². The minimum atomic E-state index is -0.359. The summed E-state index contributed by atoms with van der Waals surface area (Å²) >= 11 is 1.39. The predicted molar refractivity (Wildman–Crippen MR) is 71.2 cm³/mol. The van der Waals surface area contributed by atoms with Gasteiger partial charge in [0.25, 0.3) is 5.91 Å². The van der Waals surface area contributed by atoms with Crippen LogP contribution in [0, 0.1) is 6.92 Å². The zero-order valence-electron chi connectivity index (χ0n) is 11.0. The highest BCUT2D eigenvalue weighted by Crippen LogP contribution is 2.35. The quantitative estimate of drug-likeness (QED) is 0.899. The second kappa shape index (κ2) is 5.19. The second-order valence-electron chi connectivity index (χ2n) is 5.12. The van der Waals surface area contributed by atoms with Gasteiger partial charge in [0.05, 0.1) is 24.4 Å². The minimum Gasteiger partial charge on any atom is -0.349 e. The number of aryl methyl sites for hydroxylation is 1. The molecule has 6 heteroatoms. The van der Waals surface area contributed by atoms with Gasteiger partial charge in [-0.25, -0.2) is 4.98 Å². The van der Waals surface area contributed by atoms with Crippen LogP contribution in [0.4, 0.5) is 0 Å². The molecular formula is C13H18N2O3S. The van der Waals surface area contributed by atoms with Crippen LogP contribution in [0.5, 0.6) is 0 Å². The molecule has 1 aromatic rings. The number of amides is 1. The van der Waals surface area contributed by atoms with Crippen LogP contribution in [-0.2, 0) is 9.47 Å². The molecule has 0 bridgehead atoms. The minimum absolute atomic E-state index is 0.00536. The Kier molecular flexibility index (Phi) is 3.56. The van der Waals surface area contributed by atoms with Gasteiger partial charge in [0.1, 0.15) is 4.88 Å². The van der Waals surface area contributed by atoms with E-state index in [0.29, 0.717) is 18.1 Å². The molecular weight excluding hydrogens is 264 g/mol. The number of nitrogens with one attached hydrogen (secondary N) is 1. The highest BCUT2D eigenvalue weighted by Gasteiger charge is 2.40. The van der Waals surface area contributed by atoms with Gasteiger partial charge in [0.2, 0.25) is 0 Å². The molecule has 0 aromatic carbocycles. The molecule has 19 heavy (non-hydrogen) atoms. The standard InChI is InChI=1S/C13H18N2O3S/c1-9-11(19-8-14-9)12(16)15-10-2-4-13(5-3-10)17-6-7-18-13/h8,10H,2-7H2,1H3,(H,15,16). The Morgan fingerprint density at radius 2 is 2.11 bits per heavy atom. The van der Waals surface area contributed by atoms with E-state index in [1.54, 1.807) is 5.51 Å². The fourth-order valence-corrected chi connectivity index (χ4v) is 3.46. The Morgan fingerprint density at radius 1 is 1.42 bits per heavy atom. The third kappa shape index (κ3) is 2.66. The van der Waals surface area contributed by atoms with Crippen molar-refractivity contribution in [1.82, 2.24) is 10.3 Å². The van der Waals surface area contributed by atoms with Crippen molar-refractivity contribution in [3.05, 3.63) is 16.1 Å². The molecule has 104 valence electrons. The first kappa shape index (κ1) is 13.0. The molecule has 1 aromatic heterocycles. The molecule has 5 nitrogen and oxygen atoms in total. The summed E-state index contributed by atoms with van der Waals surface area (Å²) in [5.41, 5.74) is 2.51. The van der Waals surface area contributed by atoms with E-state index in [2.05, 4.69) is 10.3 Å². The number of ether oxygens (including phenoxy) is 2. The van der Waals surface area contributed by atoms with Gasteiger partial charge in [-0.3, -0.25) is 4.79 Å². The van der Waals surface area contributed by atoms with E-state index in [0.717, 1.165) is 31.4 Å². The molecule has 1 N–H and O–H groups in total. The third-order valence-electron chi connectivity index (χ3n) is 3.85. The van der Waals surface area contributed by atoms with Gasteiger partial charge in [-0.1, -0.05) is 0 Å². The normalized spacial score (nSPS) is 22.8. The van der Waals surface area contributed by atoms with Crippen LogP contribution in [0.3, 0.4) is 0 Å². The van der Waals surface area contributed by atoms with E-state index in [1.165, 1.54) is 11.3 Å². The molecule has 1 aliphatic carbocycles. The lowest BCUT2D eigenvalue weighted by atomic mass is 9.90. The highest BCUT2D eigenvalue weighted by molar-refractivity contribution is 7.11. The van der Waals surface area contributed by atoms with Crippen molar-refractivity contribution < 1.29 is 14.3 Å². The van der Waals surface area contributed by atoms with Crippen LogP contribution in [-0.4, -0.2) is 35.9 Å². The van der Waals surface area contributed by atoms with E-state index in [4.69, 9.17) is 9.47 Å². The molecule has 2 heterocycles. The van der Waals surface area contributed by atoms with E-state index in [1.807, 2.05) is 6.92 Å². The Hall–Kier alpha value is -0.980. The Morgan fingerprint density at radius 3 is 2.68 bits per heavy atom. The summed E-state index contributed by atoms with van der Waals surface area (Å²) in [5.74, 6) is -0.365. The smallest absolute Gasteiger partial charge is 0.263 e. The molecule has 1 amide bonds. The summed E-state index contributed by atoms with van der Waals surface area (Å²) in [4.78, 5) is 16.9. The van der Waals surface area contributed by atoms with Crippen molar-refractivity contribution in [2.45, 2.75) is 44.4 Å². The molecule has 0 unspecified atom stereocenters. The maximum atomic E-state index is 12.1. The Balaban J connectivity index is 1.55. The van der Waals surface area contributed by atoms with E-state index in [-0.39, 0.29) is 17.7 Å². The highest BCUT2D eigenvalue weighted by atomic mass is 32.1. The molecule has 2 aliphatic rings. The number of thiazole rings is 1. The maximum absolute atomic E-state index is 12.1. The molecule has 2 fully saturated rings. The molecule has 0 radical (unpaired) electrons. The van der Waals surface area contributed by atoms with Gasteiger partial charge >= 0.3 is 0 Å². The molecule has 1 aliphatic heterocycles. The van der Waals surface area contributed by atoms with Gasteiger partial charge < -0.3 is 14.8 Å². The molecule has 1 saturated heterocycles. The van der Waals surface area contributed by atoms with Gasteiger partial charge in [-0.15, -0.1) is 11.3 Å². The molecule has 3 rings (SSSR count). The summed E-state index contributed by atoms with van der Waals surface area (Å²) in [6.07, 6.45) is 3.53. The van der Waals surface area contributed by atoms with Crippen molar-refractivity contribution in [2.24, 2.45) is 0 Å². The van der Waals surface area contributed by atoms with Crippen molar-refractivity contribution in [2.75, 3.05) is 13.2 Å². The largest absolute Gasteiger partial charge is 0.349 e.